The monoisotopic (exact) mass is 400 g/mol. The molecule has 0 radical (unpaired) electrons. The largest absolute Gasteiger partial charge is 0.369 e. The van der Waals surface area contributed by atoms with Crippen LogP contribution in [0, 0.1) is 10.5 Å². The van der Waals surface area contributed by atoms with Crippen molar-refractivity contribution in [2.24, 2.45) is 0 Å². The van der Waals surface area contributed by atoms with E-state index in [0.717, 1.165) is 35.3 Å². The molecule has 2 heterocycles. The molecule has 0 amide bonds. The van der Waals surface area contributed by atoms with Crippen LogP contribution in [0.25, 0.3) is 0 Å². The maximum absolute atomic E-state index is 4.79. The van der Waals surface area contributed by atoms with Crippen molar-refractivity contribution in [3.63, 3.8) is 0 Å². The van der Waals surface area contributed by atoms with Crippen molar-refractivity contribution >= 4 is 39.7 Å². The van der Waals surface area contributed by atoms with Crippen molar-refractivity contribution in [3.05, 3.63) is 31.2 Å². The zero-order chi connectivity index (χ0) is 14.1. The van der Waals surface area contributed by atoms with E-state index in [0.29, 0.717) is 5.92 Å². The van der Waals surface area contributed by atoms with E-state index < -0.39 is 0 Å². The molecule has 0 saturated heterocycles. The first-order chi connectivity index (χ1) is 9.67. The second-order valence-electron chi connectivity index (χ2n) is 5.03. The van der Waals surface area contributed by atoms with E-state index in [9.17, 15) is 0 Å². The summed E-state index contributed by atoms with van der Waals surface area (Å²) in [7, 11) is 0. The van der Waals surface area contributed by atoms with Crippen LogP contribution in [0.15, 0.2) is 5.38 Å². The Labute approximate surface area is 136 Å². The molecular formula is C14H17IN4S. The Morgan fingerprint density at radius 1 is 1.35 bits per heavy atom. The van der Waals surface area contributed by atoms with Gasteiger partial charge in [-0.2, -0.15) is 0 Å². The number of hydrogen-bond acceptors (Lipinski definition) is 5. The Balaban J connectivity index is 1.93. The zero-order valence-electron chi connectivity index (χ0n) is 11.6. The van der Waals surface area contributed by atoms with Crippen LogP contribution in [-0.4, -0.2) is 21.5 Å². The van der Waals surface area contributed by atoms with Gasteiger partial charge in [0.1, 0.15) is 11.6 Å². The van der Waals surface area contributed by atoms with Crippen LogP contribution >= 0.6 is 33.9 Å². The number of halogens is 1. The van der Waals surface area contributed by atoms with Gasteiger partial charge in [0.25, 0.3) is 0 Å². The first-order valence-electron chi connectivity index (χ1n) is 6.88. The summed E-state index contributed by atoms with van der Waals surface area (Å²) in [5.41, 5.74) is 2.29. The normalized spacial score (nSPS) is 14.6. The van der Waals surface area contributed by atoms with Gasteiger partial charge >= 0.3 is 0 Å². The molecule has 0 spiro atoms. The molecule has 1 N–H and O–H groups in total. The molecule has 20 heavy (non-hydrogen) atoms. The molecular weight excluding hydrogens is 383 g/mol. The molecule has 1 aliphatic rings. The highest BCUT2D eigenvalue weighted by molar-refractivity contribution is 14.1. The number of rotatable bonds is 5. The number of aryl methyl sites for hydroxylation is 1. The highest BCUT2D eigenvalue weighted by Crippen LogP contribution is 2.42. The van der Waals surface area contributed by atoms with Gasteiger partial charge < -0.3 is 5.32 Å². The third-order valence-corrected chi connectivity index (χ3v) is 5.12. The van der Waals surface area contributed by atoms with Crippen LogP contribution in [0.1, 0.15) is 47.9 Å². The number of hydrogen-bond donors (Lipinski definition) is 1. The van der Waals surface area contributed by atoms with Crippen LogP contribution in [0.3, 0.4) is 0 Å². The molecule has 3 rings (SSSR count). The van der Waals surface area contributed by atoms with Crippen LogP contribution in [0.5, 0.6) is 0 Å². The van der Waals surface area contributed by atoms with Crippen molar-refractivity contribution in [2.45, 2.75) is 39.0 Å². The summed E-state index contributed by atoms with van der Waals surface area (Å²) in [5, 5.41) is 6.55. The number of thiazole rings is 1. The topological polar surface area (TPSA) is 50.7 Å². The predicted molar refractivity (Wildman–Crippen MR) is 90.5 cm³/mol. The molecule has 0 unspecified atom stereocenters. The quantitative estimate of drug-likeness (QED) is 0.777. The van der Waals surface area contributed by atoms with E-state index in [1.165, 1.54) is 22.1 Å². The molecule has 0 bridgehead atoms. The Morgan fingerprint density at radius 3 is 2.75 bits per heavy atom. The lowest BCUT2D eigenvalue weighted by atomic mass is 10.2. The fraction of sp³-hybridized carbons (Fsp3) is 0.500. The molecule has 6 heteroatoms. The van der Waals surface area contributed by atoms with Gasteiger partial charge in [-0.05, 0) is 49.3 Å². The molecule has 0 aromatic carbocycles. The Hall–Kier alpha value is -0.760. The van der Waals surface area contributed by atoms with E-state index in [1.807, 2.05) is 6.92 Å². The third-order valence-electron chi connectivity index (χ3n) is 3.24. The molecule has 1 aliphatic carbocycles. The molecule has 2 aromatic heterocycles. The Morgan fingerprint density at radius 2 is 2.15 bits per heavy atom. The van der Waals surface area contributed by atoms with Crippen molar-refractivity contribution in [3.8, 4) is 0 Å². The Bertz CT molecular complexity index is 622. The first-order valence-corrected chi connectivity index (χ1v) is 8.84. The summed E-state index contributed by atoms with van der Waals surface area (Å²) in [6.45, 7) is 5.01. The number of aromatic nitrogens is 3. The molecule has 4 nitrogen and oxygen atoms in total. The SMILES string of the molecule is CCNc1nc(Cc2csc(C)n2)nc(C2CC2)c1I. The maximum atomic E-state index is 4.79. The lowest BCUT2D eigenvalue weighted by molar-refractivity contribution is 0.875. The highest BCUT2D eigenvalue weighted by Gasteiger charge is 2.29. The summed E-state index contributed by atoms with van der Waals surface area (Å²) in [6.07, 6.45) is 3.24. The maximum Gasteiger partial charge on any atom is 0.143 e. The average molecular weight is 400 g/mol. The van der Waals surface area contributed by atoms with Crippen molar-refractivity contribution in [2.75, 3.05) is 11.9 Å². The lowest BCUT2D eigenvalue weighted by Gasteiger charge is -2.11. The smallest absolute Gasteiger partial charge is 0.143 e. The minimum absolute atomic E-state index is 0.637. The van der Waals surface area contributed by atoms with Crippen molar-refractivity contribution in [1.29, 1.82) is 0 Å². The Kier molecular flexibility index (Phi) is 4.21. The van der Waals surface area contributed by atoms with Crippen LogP contribution in [0.4, 0.5) is 5.82 Å². The molecule has 106 valence electrons. The third kappa shape index (κ3) is 3.11. The van der Waals surface area contributed by atoms with Gasteiger partial charge in [0, 0.05) is 17.8 Å². The number of nitrogens with one attached hydrogen (secondary N) is 1. The zero-order valence-corrected chi connectivity index (χ0v) is 14.6. The van der Waals surface area contributed by atoms with E-state index in [4.69, 9.17) is 4.98 Å². The van der Waals surface area contributed by atoms with E-state index in [-0.39, 0.29) is 0 Å². The van der Waals surface area contributed by atoms with E-state index in [2.05, 4.69) is 50.2 Å². The van der Waals surface area contributed by atoms with Crippen LogP contribution in [0.2, 0.25) is 0 Å². The van der Waals surface area contributed by atoms with Gasteiger partial charge in [-0.15, -0.1) is 11.3 Å². The average Bonchev–Trinajstić information content (AvgIpc) is 3.18. The summed E-state index contributed by atoms with van der Waals surface area (Å²) in [5.74, 6) is 2.50. The van der Waals surface area contributed by atoms with Crippen LogP contribution in [-0.2, 0) is 6.42 Å². The standard InChI is InChI=1S/C14H17IN4S/c1-3-16-14-12(15)13(9-4-5-9)18-11(19-14)6-10-7-20-8(2)17-10/h7,9H,3-6H2,1-2H3,(H,16,18,19). The second kappa shape index (κ2) is 5.93. The first kappa shape index (κ1) is 14.2. The van der Waals surface area contributed by atoms with Gasteiger partial charge in [0.05, 0.1) is 26.4 Å². The summed E-state index contributed by atoms with van der Waals surface area (Å²) >= 11 is 4.05. The highest BCUT2D eigenvalue weighted by atomic mass is 127. The number of nitrogens with zero attached hydrogens (tertiary/aromatic N) is 3. The van der Waals surface area contributed by atoms with Crippen molar-refractivity contribution in [1.82, 2.24) is 15.0 Å². The summed E-state index contributed by atoms with van der Waals surface area (Å²) in [4.78, 5) is 14.0. The lowest BCUT2D eigenvalue weighted by Crippen LogP contribution is -2.10. The minimum Gasteiger partial charge on any atom is -0.369 e. The van der Waals surface area contributed by atoms with Gasteiger partial charge in [-0.1, -0.05) is 0 Å². The van der Waals surface area contributed by atoms with Gasteiger partial charge in [-0.3, -0.25) is 0 Å². The fourth-order valence-corrected chi connectivity index (χ4v) is 3.64. The predicted octanol–water partition coefficient (Wildman–Crippen LogP) is 3.75. The summed E-state index contributed by atoms with van der Waals surface area (Å²) < 4.78 is 1.19. The van der Waals surface area contributed by atoms with Crippen molar-refractivity contribution < 1.29 is 0 Å². The van der Waals surface area contributed by atoms with E-state index >= 15 is 0 Å². The van der Waals surface area contributed by atoms with Gasteiger partial charge in [0.2, 0.25) is 0 Å². The molecule has 0 aliphatic heterocycles. The van der Waals surface area contributed by atoms with Gasteiger partial charge in [-0.25, -0.2) is 15.0 Å². The van der Waals surface area contributed by atoms with Crippen LogP contribution < -0.4 is 5.32 Å². The second-order valence-corrected chi connectivity index (χ2v) is 7.17. The summed E-state index contributed by atoms with van der Waals surface area (Å²) in [6, 6.07) is 0. The van der Waals surface area contributed by atoms with E-state index in [1.54, 1.807) is 11.3 Å². The molecule has 1 fully saturated rings. The molecule has 0 atom stereocenters. The fourth-order valence-electron chi connectivity index (χ4n) is 2.15. The van der Waals surface area contributed by atoms with Gasteiger partial charge in [0.15, 0.2) is 0 Å². The molecule has 2 aromatic rings. The molecule has 1 saturated carbocycles. The minimum atomic E-state index is 0.637. The number of anilines is 1.